The smallest absolute Gasteiger partial charge is 0.277 e. The summed E-state index contributed by atoms with van der Waals surface area (Å²) in [5, 5.41) is 14.4. The van der Waals surface area contributed by atoms with Crippen LogP contribution in [-0.4, -0.2) is 28.3 Å². The molecule has 0 aliphatic carbocycles. The van der Waals surface area contributed by atoms with Crippen molar-refractivity contribution in [2.45, 2.75) is 27.7 Å². The van der Waals surface area contributed by atoms with Crippen LogP contribution >= 0.6 is 11.3 Å². The molecule has 0 radical (unpaired) electrons. The number of hydrogen-bond donors (Lipinski definition) is 2. The minimum Gasteiger partial charge on any atom is -0.508 e. The number of nitrogens with zero attached hydrogens (tertiary/aromatic N) is 2. The highest BCUT2D eigenvalue weighted by atomic mass is 32.1. The van der Waals surface area contributed by atoms with Crippen LogP contribution in [0.15, 0.2) is 47.6 Å². The zero-order valence-electron chi connectivity index (χ0n) is 16.8. The summed E-state index contributed by atoms with van der Waals surface area (Å²) in [6.45, 7) is 7.64. The van der Waals surface area contributed by atoms with E-state index in [1.807, 2.05) is 58.0 Å². The number of phenols is 1. The average molecular weight is 410 g/mol. The number of carbonyl (C=O) groups excluding carboxylic acids is 1. The summed E-state index contributed by atoms with van der Waals surface area (Å²) >= 11 is 1.49. The molecule has 1 amide bonds. The van der Waals surface area contributed by atoms with Crippen molar-refractivity contribution in [3.8, 4) is 22.1 Å². The van der Waals surface area contributed by atoms with E-state index < -0.39 is 0 Å². The van der Waals surface area contributed by atoms with Gasteiger partial charge in [-0.3, -0.25) is 4.79 Å². The molecule has 7 heteroatoms. The molecular weight excluding hydrogens is 386 g/mol. The van der Waals surface area contributed by atoms with Crippen molar-refractivity contribution < 1.29 is 14.6 Å². The lowest BCUT2D eigenvalue weighted by Gasteiger charge is -2.07. The lowest BCUT2D eigenvalue weighted by atomic mass is 10.1. The number of aryl methyl sites for hydroxylation is 3. The summed E-state index contributed by atoms with van der Waals surface area (Å²) < 4.78 is 5.53. The number of thiazole rings is 1. The molecule has 1 heterocycles. The Kier molecular flexibility index (Phi) is 6.29. The topological polar surface area (TPSA) is 83.8 Å². The fourth-order valence-corrected chi connectivity index (χ4v) is 3.66. The standard InChI is InChI=1S/C22H23N3O3S/c1-13-5-10-19(11-14(13)2)28-12-20(27)25-24-16(4)21-15(3)23-22(29-21)17-6-8-18(26)9-7-17/h5-11,26H,12H2,1-4H3,(H,25,27)/b24-16+. The second kappa shape index (κ2) is 8.87. The van der Waals surface area contributed by atoms with Crippen molar-refractivity contribution in [1.29, 1.82) is 0 Å². The second-order valence-corrected chi connectivity index (χ2v) is 7.75. The van der Waals surface area contributed by atoms with Gasteiger partial charge in [-0.25, -0.2) is 10.4 Å². The van der Waals surface area contributed by atoms with Crippen molar-refractivity contribution in [3.63, 3.8) is 0 Å². The van der Waals surface area contributed by atoms with Crippen molar-refractivity contribution in [2.24, 2.45) is 5.10 Å². The number of nitrogens with one attached hydrogen (secondary N) is 1. The van der Waals surface area contributed by atoms with Gasteiger partial charge in [-0.2, -0.15) is 5.10 Å². The first-order valence-electron chi connectivity index (χ1n) is 9.14. The number of rotatable bonds is 6. The molecule has 150 valence electrons. The molecule has 0 aliphatic heterocycles. The van der Waals surface area contributed by atoms with Gasteiger partial charge in [-0.1, -0.05) is 6.07 Å². The summed E-state index contributed by atoms with van der Waals surface area (Å²) in [5.74, 6) is 0.537. The molecule has 0 atom stereocenters. The van der Waals surface area contributed by atoms with Crippen LogP contribution in [0.2, 0.25) is 0 Å². The van der Waals surface area contributed by atoms with Crippen molar-refractivity contribution in [1.82, 2.24) is 10.4 Å². The van der Waals surface area contributed by atoms with E-state index in [-0.39, 0.29) is 18.3 Å². The maximum Gasteiger partial charge on any atom is 0.277 e. The number of hydrogen-bond acceptors (Lipinski definition) is 6. The van der Waals surface area contributed by atoms with Crippen LogP contribution in [0, 0.1) is 20.8 Å². The van der Waals surface area contributed by atoms with Crippen molar-refractivity contribution in [3.05, 3.63) is 64.2 Å². The van der Waals surface area contributed by atoms with Crippen LogP contribution in [0.25, 0.3) is 10.6 Å². The van der Waals surface area contributed by atoms with Crippen LogP contribution in [0.4, 0.5) is 0 Å². The molecule has 2 N–H and O–H groups in total. The molecule has 6 nitrogen and oxygen atoms in total. The van der Waals surface area contributed by atoms with Gasteiger partial charge in [0.2, 0.25) is 0 Å². The van der Waals surface area contributed by atoms with Crippen LogP contribution in [-0.2, 0) is 4.79 Å². The maximum absolute atomic E-state index is 12.1. The summed E-state index contributed by atoms with van der Waals surface area (Å²) in [5.41, 5.74) is 7.24. The molecule has 0 saturated carbocycles. The molecular formula is C22H23N3O3S. The van der Waals surface area contributed by atoms with Gasteiger partial charge < -0.3 is 9.84 Å². The van der Waals surface area contributed by atoms with E-state index in [4.69, 9.17) is 4.74 Å². The van der Waals surface area contributed by atoms with E-state index in [9.17, 15) is 9.90 Å². The Balaban J connectivity index is 1.62. The Morgan fingerprint density at radius 1 is 1.14 bits per heavy atom. The molecule has 1 aromatic heterocycles. The molecule has 0 aliphatic rings. The van der Waals surface area contributed by atoms with Gasteiger partial charge in [-0.05, 0) is 75.2 Å². The third-order valence-corrected chi connectivity index (χ3v) is 5.75. The first-order valence-corrected chi connectivity index (χ1v) is 9.95. The summed E-state index contributed by atoms with van der Waals surface area (Å²) in [6, 6.07) is 12.6. The fourth-order valence-electron chi connectivity index (χ4n) is 2.64. The Morgan fingerprint density at radius 2 is 1.86 bits per heavy atom. The molecule has 3 aromatic rings. The molecule has 0 spiro atoms. The molecule has 0 unspecified atom stereocenters. The Hall–Kier alpha value is -3.19. The Bertz CT molecular complexity index is 1060. The number of aromatic hydroxyl groups is 1. The lowest BCUT2D eigenvalue weighted by Crippen LogP contribution is -2.25. The van der Waals surface area contributed by atoms with Crippen LogP contribution in [0.3, 0.4) is 0 Å². The molecule has 2 aromatic carbocycles. The van der Waals surface area contributed by atoms with Gasteiger partial charge in [0.1, 0.15) is 16.5 Å². The van der Waals surface area contributed by atoms with Crippen molar-refractivity contribution >= 4 is 23.0 Å². The molecule has 3 rings (SSSR count). The van der Waals surface area contributed by atoms with E-state index in [2.05, 4.69) is 15.5 Å². The quantitative estimate of drug-likeness (QED) is 0.468. The number of hydrazone groups is 1. The van der Waals surface area contributed by atoms with Crippen LogP contribution in [0.5, 0.6) is 11.5 Å². The van der Waals surface area contributed by atoms with E-state index in [0.29, 0.717) is 11.5 Å². The minimum absolute atomic E-state index is 0.111. The minimum atomic E-state index is -0.330. The molecule has 0 fully saturated rings. The van der Waals surface area contributed by atoms with Gasteiger partial charge in [0.25, 0.3) is 5.91 Å². The largest absolute Gasteiger partial charge is 0.508 e. The highest BCUT2D eigenvalue weighted by Gasteiger charge is 2.12. The number of carbonyl (C=O) groups is 1. The van der Waals surface area contributed by atoms with Gasteiger partial charge in [0.05, 0.1) is 16.3 Å². The predicted octanol–water partition coefficient (Wildman–Crippen LogP) is 4.36. The van der Waals surface area contributed by atoms with E-state index in [1.54, 1.807) is 12.1 Å². The maximum atomic E-state index is 12.1. The Morgan fingerprint density at radius 3 is 2.55 bits per heavy atom. The fraction of sp³-hybridized carbons (Fsp3) is 0.227. The molecule has 29 heavy (non-hydrogen) atoms. The van der Waals surface area contributed by atoms with Gasteiger partial charge in [-0.15, -0.1) is 11.3 Å². The highest BCUT2D eigenvalue weighted by molar-refractivity contribution is 7.17. The number of phenolic OH excluding ortho intramolecular Hbond substituents is 1. The zero-order chi connectivity index (χ0) is 21.0. The molecule has 0 bridgehead atoms. The van der Waals surface area contributed by atoms with E-state index in [1.165, 1.54) is 16.9 Å². The number of aromatic nitrogens is 1. The van der Waals surface area contributed by atoms with Gasteiger partial charge >= 0.3 is 0 Å². The normalized spacial score (nSPS) is 11.4. The number of benzene rings is 2. The number of amides is 1. The zero-order valence-corrected chi connectivity index (χ0v) is 17.6. The van der Waals surface area contributed by atoms with Gasteiger partial charge in [0.15, 0.2) is 6.61 Å². The first kappa shape index (κ1) is 20.5. The monoisotopic (exact) mass is 409 g/mol. The Labute approximate surface area is 173 Å². The van der Waals surface area contributed by atoms with Crippen molar-refractivity contribution in [2.75, 3.05) is 6.61 Å². The number of ether oxygens (including phenoxy) is 1. The average Bonchev–Trinajstić information content (AvgIpc) is 3.09. The first-order chi connectivity index (χ1) is 13.8. The summed E-state index contributed by atoms with van der Waals surface area (Å²) in [4.78, 5) is 17.5. The molecule has 0 saturated heterocycles. The third-order valence-electron chi connectivity index (χ3n) is 4.44. The SMILES string of the molecule is C/C(=N\NC(=O)COc1ccc(C)c(C)c1)c1sc(-c2ccc(O)cc2)nc1C. The second-order valence-electron chi connectivity index (χ2n) is 6.75. The van der Waals surface area contributed by atoms with Crippen LogP contribution < -0.4 is 10.2 Å². The van der Waals surface area contributed by atoms with Gasteiger partial charge in [0, 0.05) is 5.56 Å². The summed E-state index contributed by atoms with van der Waals surface area (Å²) in [6.07, 6.45) is 0. The lowest BCUT2D eigenvalue weighted by molar-refractivity contribution is -0.123. The summed E-state index contributed by atoms with van der Waals surface area (Å²) in [7, 11) is 0. The van der Waals surface area contributed by atoms with Crippen LogP contribution in [0.1, 0.15) is 28.6 Å². The predicted molar refractivity (Wildman–Crippen MR) is 116 cm³/mol. The third kappa shape index (κ3) is 5.20. The van der Waals surface area contributed by atoms with E-state index >= 15 is 0 Å². The highest BCUT2D eigenvalue weighted by Crippen LogP contribution is 2.29. The van der Waals surface area contributed by atoms with E-state index in [0.717, 1.165) is 26.7 Å².